The molecule has 7 nitrogen and oxygen atoms in total. The third kappa shape index (κ3) is 7.40. The van der Waals surface area contributed by atoms with Crippen molar-refractivity contribution >= 4 is 27.5 Å². The van der Waals surface area contributed by atoms with Gasteiger partial charge in [0.15, 0.2) is 0 Å². The number of aryl methyl sites for hydroxylation is 3. The maximum absolute atomic E-state index is 14.3. The zero-order valence-corrected chi connectivity index (χ0v) is 26.0. The van der Waals surface area contributed by atoms with Crippen molar-refractivity contribution in [1.29, 1.82) is 0 Å². The molecule has 1 aliphatic carbocycles. The molecule has 1 aliphatic rings. The fourth-order valence-corrected chi connectivity index (χ4v) is 7.15. The van der Waals surface area contributed by atoms with E-state index < -0.39 is 28.5 Å². The van der Waals surface area contributed by atoms with Gasteiger partial charge in [0.2, 0.25) is 11.8 Å². The van der Waals surface area contributed by atoms with Crippen molar-refractivity contribution in [2.75, 3.05) is 10.8 Å². The first kappa shape index (κ1) is 31.3. The molecule has 3 aromatic carbocycles. The van der Waals surface area contributed by atoms with E-state index >= 15 is 0 Å². The molecule has 4 rings (SSSR count). The molecule has 0 saturated heterocycles. The number of hydrogen-bond donors (Lipinski definition) is 1. The summed E-state index contributed by atoms with van der Waals surface area (Å²) in [4.78, 5) is 29.6. The largest absolute Gasteiger partial charge is 0.352 e. The SMILES string of the molecule is CCc1ccccc1N(CC(=O)N(Cc1cccc(C)c1)C(CC)C(=O)NC1CCCC1)S(=O)(=O)c1ccc(C)cc1. The minimum Gasteiger partial charge on any atom is -0.352 e. The molecule has 1 fully saturated rings. The molecule has 3 aromatic rings. The smallest absolute Gasteiger partial charge is 0.264 e. The fourth-order valence-electron chi connectivity index (χ4n) is 5.70. The number of hydrogen-bond acceptors (Lipinski definition) is 4. The average Bonchev–Trinajstić information content (AvgIpc) is 3.49. The molecule has 0 bridgehead atoms. The number of nitrogens with zero attached hydrogens (tertiary/aromatic N) is 2. The number of benzene rings is 3. The van der Waals surface area contributed by atoms with Crippen LogP contribution >= 0.6 is 0 Å². The number of anilines is 1. The first-order chi connectivity index (χ1) is 20.1. The molecule has 2 amide bonds. The van der Waals surface area contributed by atoms with E-state index in [4.69, 9.17) is 0 Å². The van der Waals surface area contributed by atoms with Crippen molar-refractivity contribution < 1.29 is 18.0 Å². The Morgan fingerprint density at radius 1 is 0.905 bits per heavy atom. The summed E-state index contributed by atoms with van der Waals surface area (Å²) in [6.07, 6.45) is 5.03. The molecule has 0 radical (unpaired) electrons. The normalized spacial score (nSPS) is 14.4. The van der Waals surface area contributed by atoms with Crippen molar-refractivity contribution in [3.05, 3.63) is 95.1 Å². The van der Waals surface area contributed by atoms with Crippen molar-refractivity contribution in [2.45, 2.75) is 89.7 Å². The van der Waals surface area contributed by atoms with Gasteiger partial charge >= 0.3 is 0 Å². The Balaban J connectivity index is 1.74. The second kappa shape index (κ2) is 14.0. The Kier molecular flexibility index (Phi) is 10.4. The van der Waals surface area contributed by atoms with Gasteiger partial charge in [-0.2, -0.15) is 0 Å². The Bertz CT molecular complexity index is 1480. The van der Waals surface area contributed by atoms with Crippen LogP contribution in [0.25, 0.3) is 0 Å². The lowest BCUT2D eigenvalue weighted by molar-refractivity contribution is -0.140. The van der Waals surface area contributed by atoms with Crippen LogP contribution in [0.15, 0.2) is 77.7 Å². The quantitative estimate of drug-likeness (QED) is 0.284. The number of carbonyl (C=O) groups is 2. The van der Waals surface area contributed by atoms with Gasteiger partial charge in [-0.3, -0.25) is 13.9 Å². The zero-order valence-electron chi connectivity index (χ0n) is 25.2. The van der Waals surface area contributed by atoms with Crippen molar-refractivity contribution in [2.24, 2.45) is 0 Å². The van der Waals surface area contributed by atoms with Crippen LogP contribution in [0.1, 0.15) is 68.2 Å². The van der Waals surface area contributed by atoms with Crippen LogP contribution in [0.3, 0.4) is 0 Å². The second-order valence-corrected chi connectivity index (χ2v) is 13.1. The van der Waals surface area contributed by atoms with Crippen LogP contribution in [-0.4, -0.2) is 43.8 Å². The zero-order chi connectivity index (χ0) is 30.3. The minimum absolute atomic E-state index is 0.109. The highest BCUT2D eigenvalue weighted by Gasteiger charge is 2.35. The summed E-state index contributed by atoms with van der Waals surface area (Å²) in [6.45, 7) is 7.51. The Labute approximate surface area is 251 Å². The van der Waals surface area contributed by atoms with E-state index in [0.717, 1.165) is 47.9 Å². The fraction of sp³-hybridized carbons (Fsp3) is 0.412. The molecule has 1 unspecified atom stereocenters. The van der Waals surface area contributed by atoms with Crippen LogP contribution < -0.4 is 9.62 Å². The highest BCUT2D eigenvalue weighted by molar-refractivity contribution is 7.92. The van der Waals surface area contributed by atoms with Gasteiger partial charge in [0, 0.05) is 12.6 Å². The Morgan fingerprint density at radius 3 is 2.24 bits per heavy atom. The van der Waals surface area contributed by atoms with Gasteiger partial charge in [0.25, 0.3) is 10.0 Å². The van der Waals surface area contributed by atoms with Gasteiger partial charge < -0.3 is 10.2 Å². The molecule has 42 heavy (non-hydrogen) atoms. The standard InChI is InChI=1S/C34H43N3O4S/c1-5-28-14-7-10-17-32(28)37(42(40,41)30-20-18-25(3)19-21-30)24-33(38)36(23-27-13-11-12-26(4)22-27)31(6-2)34(39)35-29-15-8-9-16-29/h7,10-14,17-22,29,31H,5-6,8-9,15-16,23-24H2,1-4H3,(H,35,39). The first-order valence-electron chi connectivity index (χ1n) is 15.0. The number of nitrogens with one attached hydrogen (secondary N) is 1. The summed E-state index contributed by atoms with van der Waals surface area (Å²) in [5, 5.41) is 3.16. The van der Waals surface area contributed by atoms with Crippen LogP contribution in [0.4, 0.5) is 5.69 Å². The van der Waals surface area contributed by atoms with Gasteiger partial charge in [0.1, 0.15) is 12.6 Å². The first-order valence-corrected chi connectivity index (χ1v) is 16.4. The van der Waals surface area contributed by atoms with E-state index in [1.54, 1.807) is 41.3 Å². The van der Waals surface area contributed by atoms with E-state index in [9.17, 15) is 18.0 Å². The molecule has 0 spiro atoms. The monoisotopic (exact) mass is 589 g/mol. The summed E-state index contributed by atoms with van der Waals surface area (Å²) in [5.41, 5.74) is 4.15. The highest BCUT2D eigenvalue weighted by atomic mass is 32.2. The summed E-state index contributed by atoms with van der Waals surface area (Å²) in [7, 11) is -4.10. The molecular formula is C34H43N3O4S. The maximum Gasteiger partial charge on any atom is 0.264 e. The van der Waals surface area contributed by atoms with Gasteiger partial charge in [-0.1, -0.05) is 92.4 Å². The predicted molar refractivity (Wildman–Crippen MR) is 168 cm³/mol. The summed E-state index contributed by atoms with van der Waals surface area (Å²) in [5.74, 6) is -0.612. The lowest BCUT2D eigenvalue weighted by atomic mass is 10.1. The molecule has 1 N–H and O–H groups in total. The average molecular weight is 590 g/mol. The van der Waals surface area contributed by atoms with Crippen LogP contribution in [-0.2, 0) is 32.6 Å². The lowest BCUT2D eigenvalue weighted by Crippen LogP contribution is -2.53. The third-order valence-electron chi connectivity index (χ3n) is 8.05. The maximum atomic E-state index is 14.3. The Morgan fingerprint density at radius 2 is 1.60 bits per heavy atom. The lowest BCUT2D eigenvalue weighted by Gasteiger charge is -2.34. The molecule has 0 heterocycles. The molecule has 1 saturated carbocycles. The van der Waals surface area contributed by atoms with Gasteiger partial charge in [0.05, 0.1) is 10.6 Å². The number of sulfonamides is 1. The van der Waals surface area contributed by atoms with E-state index in [1.165, 1.54) is 4.31 Å². The molecule has 224 valence electrons. The minimum atomic E-state index is -4.10. The predicted octanol–water partition coefficient (Wildman–Crippen LogP) is 5.93. The van der Waals surface area contributed by atoms with E-state index in [0.29, 0.717) is 18.5 Å². The van der Waals surface area contributed by atoms with Crippen LogP contribution in [0.2, 0.25) is 0 Å². The molecule has 8 heteroatoms. The molecule has 0 aromatic heterocycles. The number of amides is 2. The molecular weight excluding hydrogens is 546 g/mol. The second-order valence-electron chi connectivity index (χ2n) is 11.2. The van der Waals surface area contributed by atoms with Gasteiger partial charge in [-0.25, -0.2) is 8.42 Å². The summed E-state index contributed by atoms with van der Waals surface area (Å²) < 4.78 is 29.5. The van der Waals surface area contributed by atoms with Crippen molar-refractivity contribution in [1.82, 2.24) is 10.2 Å². The van der Waals surface area contributed by atoms with Crippen LogP contribution in [0.5, 0.6) is 0 Å². The van der Waals surface area contributed by atoms with Crippen molar-refractivity contribution in [3.63, 3.8) is 0 Å². The number of para-hydroxylation sites is 1. The molecule has 0 aliphatic heterocycles. The Hall–Kier alpha value is -3.65. The highest BCUT2D eigenvalue weighted by Crippen LogP contribution is 2.29. The van der Waals surface area contributed by atoms with Gasteiger partial charge in [-0.15, -0.1) is 0 Å². The van der Waals surface area contributed by atoms with Gasteiger partial charge in [-0.05, 0) is 68.9 Å². The van der Waals surface area contributed by atoms with E-state index in [2.05, 4.69) is 5.32 Å². The van der Waals surface area contributed by atoms with Crippen molar-refractivity contribution in [3.8, 4) is 0 Å². The van der Waals surface area contributed by atoms with E-state index in [1.807, 2.05) is 64.1 Å². The number of carbonyl (C=O) groups excluding carboxylic acids is 2. The van der Waals surface area contributed by atoms with Crippen LogP contribution in [0, 0.1) is 13.8 Å². The third-order valence-corrected chi connectivity index (χ3v) is 9.83. The molecule has 1 atom stereocenters. The summed E-state index contributed by atoms with van der Waals surface area (Å²) >= 11 is 0. The number of rotatable bonds is 12. The van der Waals surface area contributed by atoms with E-state index in [-0.39, 0.29) is 23.4 Å². The summed E-state index contributed by atoms with van der Waals surface area (Å²) in [6, 6.07) is 21.1. The topological polar surface area (TPSA) is 86.8 Å².